The Kier molecular flexibility index (Phi) is 7.62. The highest BCUT2D eigenvalue weighted by Gasteiger charge is 2.25. The van der Waals surface area contributed by atoms with Gasteiger partial charge < -0.3 is 24.6 Å². The largest absolute Gasteiger partial charge is 0.494 e. The first-order valence-corrected chi connectivity index (χ1v) is 10.1. The molecule has 30 heavy (non-hydrogen) atoms. The topological polar surface area (TPSA) is 72.3 Å². The molecule has 8 heteroatoms. The van der Waals surface area contributed by atoms with E-state index in [1.54, 1.807) is 41.3 Å². The standard InChI is InChI=1S/C22H26FN3O4/c1-2-29-19-6-8-20(9-7-19)30-16-22(28)26-12-10-25(11-13-26)15-21(27)24-18-5-3-4-17(23)14-18/h3-9,14H,2,10-13,15-16H2,1H3,(H,24,27)/p+1. The molecule has 2 aromatic rings. The number of nitrogens with zero attached hydrogens (tertiary/aromatic N) is 1. The van der Waals surface area contributed by atoms with E-state index in [9.17, 15) is 14.0 Å². The molecule has 1 heterocycles. The summed E-state index contributed by atoms with van der Waals surface area (Å²) in [6.07, 6.45) is 0. The lowest BCUT2D eigenvalue weighted by Crippen LogP contribution is -3.15. The quantitative estimate of drug-likeness (QED) is 0.673. The van der Waals surface area contributed by atoms with Crippen LogP contribution in [0.5, 0.6) is 11.5 Å². The third-order valence-corrected chi connectivity index (χ3v) is 4.84. The van der Waals surface area contributed by atoms with Crippen molar-refractivity contribution in [3.05, 3.63) is 54.3 Å². The number of piperazine rings is 1. The summed E-state index contributed by atoms with van der Waals surface area (Å²) in [6, 6.07) is 13.0. The smallest absolute Gasteiger partial charge is 0.279 e. The number of quaternary nitrogens is 1. The van der Waals surface area contributed by atoms with Crippen molar-refractivity contribution in [2.75, 3.05) is 51.3 Å². The van der Waals surface area contributed by atoms with E-state index < -0.39 is 0 Å². The zero-order chi connectivity index (χ0) is 21.3. The fraction of sp³-hybridized carbons (Fsp3) is 0.364. The Morgan fingerprint density at radius 3 is 2.37 bits per heavy atom. The molecule has 0 aromatic heterocycles. The van der Waals surface area contributed by atoms with Gasteiger partial charge in [-0.05, 0) is 49.4 Å². The first kappa shape index (κ1) is 21.6. The van der Waals surface area contributed by atoms with Crippen molar-refractivity contribution >= 4 is 17.5 Å². The summed E-state index contributed by atoms with van der Waals surface area (Å²) in [6.45, 7) is 5.24. The number of hydrogen-bond acceptors (Lipinski definition) is 4. The van der Waals surface area contributed by atoms with Crippen molar-refractivity contribution in [2.24, 2.45) is 0 Å². The van der Waals surface area contributed by atoms with Gasteiger partial charge in [-0.25, -0.2) is 4.39 Å². The van der Waals surface area contributed by atoms with Gasteiger partial charge in [-0.3, -0.25) is 9.59 Å². The Morgan fingerprint density at radius 1 is 1.07 bits per heavy atom. The molecule has 1 aliphatic heterocycles. The van der Waals surface area contributed by atoms with Gasteiger partial charge in [0.25, 0.3) is 11.8 Å². The maximum absolute atomic E-state index is 13.2. The predicted molar refractivity (Wildman–Crippen MR) is 110 cm³/mol. The summed E-state index contributed by atoms with van der Waals surface area (Å²) < 4.78 is 24.2. The summed E-state index contributed by atoms with van der Waals surface area (Å²) in [7, 11) is 0. The number of nitrogens with one attached hydrogen (secondary N) is 2. The molecule has 1 saturated heterocycles. The van der Waals surface area contributed by atoms with Crippen LogP contribution in [0.1, 0.15) is 6.92 Å². The molecule has 1 fully saturated rings. The molecule has 7 nitrogen and oxygen atoms in total. The highest BCUT2D eigenvalue weighted by Crippen LogP contribution is 2.17. The molecule has 2 aromatic carbocycles. The normalized spacial score (nSPS) is 14.3. The summed E-state index contributed by atoms with van der Waals surface area (Å²) in [5.74, 6) is 0.739. The van der Waals surface area contributed by atoms with Gasteiger partial charge >= 0.3 is 0 Å². The minimum atomic E-state index is -0.389. The van der Waals surface area contributed by atoms with Crippen LogP contribution in [0.4, 0.5) is 10.1 Å². The number of halogens is 1. The minimum absolute atomic E-state index is 0.0244. The highest BCUT2D eigenvalue weighted by atomic mass is 19.1. The molecule has 0 aliphatic carbocycles. The Labute approximate surface area is 175 Å². The van der Waals surface area contributed by atoms with E-state index in [1.807, 2.05) is 6.92 Å². The van der Waals surface area contributed by atoms with Gasteiger partial charge in [0.05, 0.1) is 32.8 Å². The lowest BCUT2D eigenvalue weighted by Gasteiger charge is -2.31. The number of anilines is 1. The van der Waals surface area contributed by atoms with Crippen LogP contribution in [0.25, 0.3) is 0 Å². The summed E-state index contributed by atoms with van der Waals surface area (Å²) in [5.41, 5.74) is 0.444. The third-order valence-electron chi connectivity index (χ3n) is 4.84. The molecule has 0 bridgehead atoms. The van der Waals surface area contributed by atoms with Crippen LogP contribution in [-0.2, 0) is 9.59 Å². The molecule has 0 spiro atoms. The fourth-order valence-electron chi connectivity index (χ4n) is 3.28. The summed E-state index contributed by atoms with van der Waals surface area (Å²) in [5, 5.41) is 2.71. The van der Waals surface area contributed by atoms with Crippen LogP contribution in [-0.4, -0.2) is 62.7 Å². The maximum Gasteiger partial charge on any atom is 0.279 e. The van der Waals surface area contributed by atoms with E-state index in [0.717, 1.165) is 10.6 Å². The first-order valence-electron chi connectivity index (χ1n) is 10.1. The maximum atomic E-state index is 13.2. The second-order valence-corrected chi connectivity index (χ2v) is 7.06. The Morgan fingerprint density at radius 2 is 1.73 bits per heavy atom. The van der Waals surface area contributed by atoms with Gasteiger partial charge in [0.2, 0.25) is 0 Å². The molecule has 160 valence electrons. The zero-order valence-electron chi connectivity index (χ0n) is 17.0. The van der Waals surface area contributed by atoms with Crippen molar-refractivity contribution in [3.8, 4) is 11.5 Å². The minimum Gasteiger partial charge on any atom is -0.494 e. The van der Waals surface area contributed by atoms with Crippen molar-refractivity contribution in [2.45, 2.75) is 6.92 Å². The predicted octanol–water partition coefficient (Wildman–Crippen LogP) is 0.969. The molecule has 1 aliphatic rings. The van der Waals surface area contributed by atoms with Gasteiger partial charge in [0.15, 0.2) is 13.2 Å². The number of carbonyl (C=O) groups is 2. The van der Waals surface area contributed by atoms with Gasteiger partial charge in [0, 0.05) is 5.69 Å². The molecular weight excluding hydrogens is 389 g/mol. The summed E-state index contributed by atoms with van der Waals surface area (Å²) >= 11 is 0. The van der Waals surface area contributed by atoms with Crippen molar-refractivity contribution < 1.29 is 28.4 Å². The molecule has 0 saturated carbocycles. The van der Waals surface area contributed by atoms with Gasteiger partial charge in [-0.2, -0.15) is 0 Å². The number of carbonyl (C=O) groups excluding carboxylic acids is 2. The number of amides is 2. The molecule has 3 rings (SSSR count). The monoisotopic (exact) mass is 416 g/mol. The Bertz CT molecular complexity index is 852. The number of hydrogen-bond donors (Lipinski definition) is 2. The highest BCUT2D eigenvalue weighted by molar-refractivity contribution is 5.91. The molecule has 2 amide bonds. The second kappa shape index (κ2) is 10.6. The van der Waals surface area contributed by atoms with Crippen molar-refractivity contribution in [1.29, 1.82) is 0 Å². The van der Waals surface area contributed by atoms with Gasteiger partial charge in [-0.15, -0.1) is 0 Å². The van der Waals surface area contributed by atoms with Crippen LogP contribution in [0.3, 0.4) is 0 Å². The van der Waals surface area contributed by atoms with Crippen LogP contribution in [0.15, 0.2) is 48.5 Å². The van der Waals surface area contributed by atoms with E-state index in [4.69, 9.17) is 9.47 Å². The molecule has 0 radical (unpaired) electrons. The fourth-order valence-corrected chi connectivity index (χ4v) is 3.28. The lowest BCUT2D eigenvalue weighted by atomic mass is 10.3. The number of ether oxygens (including phenoxy) is 2. The van der Waals surface area contributed by atoms with E-state index in [-0.39, 0.29) is 30.8 Å². The molecule has 0 atom stereocenters. The number of rotatable bonds is 8. The Hall–Kier alpha value is -3.13. The second-order valence-electron chi connectivity index (χ2n) is 7.06. The van der Waals surface area contributed by atoms with Crippen LogP contribution >= 0.6 is 0 Å². The molecule has 2 N–H and O–H groups in total. The lowest BCUT2D eigenvalue weighted by molar-refractivity contribution is -0.895. The first-order chi connectivity index (χ1) is 14.5. The van der Waals surface area contributed by atoms with Gasteiger partial charge in [-0.1, -0.05) is 6.07 Å². The average Bonchev–Trinajstić information content (AvgIpc) is 2.74. The van der Waals surface area contributed by atoms with E-state index in [1.165, 1.54) is 12.1 Å². The van der Waals surface area contributed by atoms with Crippen molar-refractivity contribution in [3.63, 3.8) is 0 Å². The SMILES string of the molecule is CCOc1ccc(OCC(=O)N2CC[NH+](CC(=O)Nc3cccc(F)c3)CC2)cc1. The van der Waals surface area contributed by atoms with Crippen LogP contribution < -0.4 is 19.7 Å². The average molecular weight is 416 g/mol. The van der Waals surface area contributed by atoms with Crippen molar-refractivity contribution in [1.82, 2.24) is 4.90 Å². The Balaban J connectivity index is 1.38. The van der Waals surface area contributed by atoms with E-state index >= 15 is 0 Å². The zero-order valence-corrected chi connectivity index (χ0v) is 17.0. The molecular formula is C22H27FN3O4+. The molecule has 0 unspecified atom stereocenters. The van der Waals surface area contributed by atoms with Gasteiger partial charge in [0.1, 0.15) is 17.3 Å². The van der Waals surface area contributed by atoms with Crippen LogP contribution in [0, 0.1) is 5.82 Å². The third kappa shape index (κ3) is 6.45. The van der Waals surface area contributed by atoms with E-state index in [0.29, 0.717) is 44.2 Å². The van der Waals surface area contributed by atoms with Crippen LogP contribution in [0.2, 0.25) is 0 Å². The number of benzene rings is 2. The summed E-state index contributed by atoms with van der Waals surface area (Å²) in [4.78, 5) is 27.4. The van der Waals surface area contributed by atoms with E-state index in [2.05, 4.69) is 5.32 Å².